The topological polar surface area (TPSA) is 63.5 Å². The van der Waals surface area contributed by atoms with Crippen molar-refractivity contribution in [2.45, 2.75) is 0 Å². The van der Waals surface area contributed by atoms with Gasteiger partial charge in [0.05, 0.1) is 16.2 Å². The van der Waals surface area contributed by atoms with Crippen molar-refractivity contribution in [1.82, 2.24) is 4.90 Å². The molecule has 0 spiro atoms. The predicted molar refractivity (Wildman–Crippen MR) is 58.8 cm³/mol. The van der Waals surface area contributed by atoms with Gasteiger partial charge in [0, 0.05) is 14.1 Å². The number of rotatable bonds is 4. The minimum absolute atomic E-state index is 0.0384. The number of carbonyl (C=O) groups is 1. The second-order valence-electron chi connectivity index (χ2n) is 3.11. The molecule has 0 atom stereocenters. The maximum Gasteiger partial charge on any atom is 0.333 e. The fourth-order valence-electron chi connectivity index (χ4n) is 1.26. The summed E-state index contributed by atoms with van der Waals surface area (Å²) in [5, 5.41) is 12.0. The summed E-state index contributed by atoms with van der Waals surface area (Å²) in [4.78, 5) is 21.8. The summed E-state index contributed by atoms with van der Waals surface area (Å²) in [6.45, 7) is 0. The Hall–Kier alpha value is -1.76. The summed E-state index contributed by atoms with van der Waals surface area (Å²) in [6, 6.07) is 1.42. The van der Waals surface area contributed by atoms with Crippen LogP contribution in [-0.4, -0.2) is 30.2 Å². The number of nitro groups is 1. The maximum absolute atomic E-state index is 13.3. The van der Waals surface area contributed by atoms with Crippen molar-refractivity contribution in [3.05, 3.63) is 33.0 Å². The Morgan fingerprint density at radius 3 is 2.69 bits per heavy atom. The molecule has 0 aliphatic carbocycles. The monoisotopic (exact) mass is 244 g/mol. The first-order valence-corrected chi connectivity index (χ1v) is 5.11. The van der Waals surface area contributed by atoms with Gasteiger partial charge in [-0.3, -0.25) is 14.9 Å². The molecule has 1 heterocycles. The van der Waals surface area contributed by atoms with Crippen LogP contribution in [0.25, 0.3) is 5.70 Å². The number of carbonyl (C=O) groups excluding carboxylic acids is 1. The normalized spacial score (nSPS) is 11.9. The fraction of sp³-hybridized carbons (Fsp3) is 0.222. The van der Waals surface area contributed by atoms with Gasteiger partial charge in [-0.1, -0.05) is 11.3 Å². The van der Waals surface area contributed by atoms with Crippen molar-refractivity contribution in [2.24, 2.45) is 0 Å². The average Bonchev–Trinajstić information content (AvgIpc) is 2.66. The number of hydrogen-bond donors (Lipinski definition) is 0. The van der Waals surface area contributed by atoms with Crippen LogP contribution < -0.4 is 0 Å². The molecule has 0 amide bonds. The highest BCUT2D eigenvalue weighted by Gasteiger charge is 2.23. The van der Waals surface area contributed by atoms with E-state index in [2.05, 4.69) is 0 Å². The van der Waals surface area contributed by atoms with Crippen LogP contribution in [0.3, 0.4) is 0 Å². The van der Waals surface area contributed by atoms with E-state index in [1.54, 1.807) is 0 Å². The molecule has 0 N–H and O–H groups in total. The smallest absolute Gasteiger partial charge is 0.333 e. The largest absolute Gasteiger partial charge is 0.374 e. The Morgan fingerprint density at radius 2 is 2.25 bits per heavy atom. The molecule has 0 radical (unpaired) electrons. The lowest BCUT2D eigenvalue weighted by molar-refractivity contribution is -0.380. The minimum atomic E-state index is -1.02. The SMILES string of the molecule is CN(C)/C(=C(\F)C=O)c1ccsc1[N+](=O)[O-]. The van der Waals surface area contributed by atoms with Gasteiger partial charge in [-0.25, -0.2) is 4.39 Å². The van der Waals surface area contributed by atoms with Crippen molar-refractivity contribution in [3.8, 4) is 0 Å². The molecule has 1 rings (SSSR count). The second kappa shape index (κ2) is 4.84. The van der Waals surface area contributed by atoms with E-state index in [-0.39, 0.29) is 22.5 Å². The summed E-state index contributed by atoms with van der Waals surface area (Å²) in [7, 11) is 3.03. The van der Waals surface area contributed by atoms with Crippen molar-refractivity contribution in [3.63, 3.8) is 0 Å². The van der Waals surface area contributed by atoms with E-state index >= 15 is 0 Å². The lowest BCUT2D eigenvalue weighted by Gasteiger charge is -2.15. The first kappa shape index (κ1) is 12.3. The molecule has 0 aliphatic rings. The summed E-state index contributed by atoms with van der Waals surface area (Å²) >= 11 is 0.889. The highest BCUT2D eigenvalue weighted by atomic mass is 32.1. The summed E-state index contributed by atoms with van der Waals surface area (Å²) in [5.41, 5.74) is 0.0348. The number of nitrogens with zero attached hydrogens (tertiary/aromatic N) is 2. The van der Waals surface area contributed by atoms with Crippen molar-refractivity contribution >= 4 is 28.3 Å². The fourth-order valence-corrected chi connectivity index (χ4v) is 1.97. The Kier molecular flexibility index (Phi) is 3.73. The Balaban J connectivity index is 3.39. The third-order valence-electron chi connectivity index (χ3n) is 1.84. The number of halogens is 1. The van der Waals surface area contributed by atoms with Crippen LogP contribution in [0.1, 0.15) is 5.56 Å². The van der Waals surface area contributed by atoms with Crippen LogP contribution in [0.2, 0.25) is 0 Å². The zero-order valence-electron chi connectivity index (χ0n) is 8.64. The molecular formula is C9H9FN2O3S. The first-order chi connectivity index (χ1) is 7.49. The maximum atomic E-state index is 13.3. The van der Waals surface area contributed by atoms with Crippen molar-refractivity contribution in [2.75, 3.05) is 14.1 Å². The lowest BCUT2D eigenvalue weighted by Crippen LogP contribution is -2.12. The van der Waals surface area contributed by atoms with Crippen LogP contribution in [0.5, 0.6) is 0 Å². The zero-order chi connectivity index (χ0) is 12.3. The standard InChI is InChI=1S/C9H9FN2O3S/c1-11(2)8(7(10)5-13)6-3-4-16-9(6)12(14)15/h3-5H,1-2H3/b8-7-. The molecule has 0 fully saturated rings. The van der Waals surface area contributed by atoms with Crippen LogP contribution in [0.4, 0.5) is 9.39 Å². The van der Waals surface area contributed by atoms with Gasteiger partial charge >= 0.3 is 5.00 Å². The Morgan fingerprint density at radius 1 is 1.62 bits per heavy atom. The molecule has 1 aromatic rings. The molecule has 0 bridgehead atoms. The summed E-state index contributed by atoms with van der Waals surface area (Å²) in [6.07, 6.45) is 0.0384. The lowest BCUT2D eigenvalue weighted by atomic mass is 10.2. The van der Waals surface area contributed by atoms with E-state index in [4.69, 9.17) is 0 Å². The quantitative estimate of drug-likeness (QED) is 0.352. The van der Waals surface area contributed by atoms with Crippen LogP contribution in [0, 0.1) is 10.1 Å². The molecular weight excluding hydrogens is 235 g/mol. The van der Waals surface area contributed by atoms with E-state index in [9.17, 15) is 19.3 Å². The summed E-state index contributed by atoms with van der Waals surface area (Å²) in [5.74, 6) is -1.02. The van der Waals surface area contributed by atoms with E-state index in [1.807, 2.05) is 0 Å². The zero-order valence-corrected chi connectivity index (χ0v) is 9.45. The molecule has 0 unspecified atom stereocenters. The predicted octanol–water partition coefficient (Wildman–Crippen LogP) is 2.05. The van der Waals surface area contributed by atoms with E-state index in [0.29, 0.717) is 0 Å². The van der Waals surface area contributed by atoms with Gasteiger partial charge in [0.15, 0.2) is 12.1 Å². The molecule has 1 aromatic heterocycles. The third-order valence-corrected chi connectivity index (χ3v) is 2.71. The molecule has 7 heteroatoms. The van der Waals surface area contributed by atoms with Gasteiger partial charge < -0.3 is 4.90 Å². The summed E-state index contributed by atoms with van der Waals surface area (Å²) < 4.78 is 13.3. The van der Waals surface area contributed by atoms with Gasteiger partial charge in [0.25, 0.3) is 0 Å². The Labute approximate surface area is 94.9 Å². The number of aldehydes is 1. The van der Waals surface area contributed by atoms with Crippen LogP contribution in [-0.2, 0) is 4.79 Å². The number of thiophene rings is 1. The van der Waals surface area contributed by atoms with E-state index in [1.165, 1.54) is 30.4 Å². The average molecular weight is 244 g/mol. The van der Waals surface area contributed by atoms with Crippen molar-refractivity contribution in [1.29, 1.82) is 0 Å². The van der Waals surface area contributed by atoms with Crippen LogP contribution >= 0.6 is 11.3 Å². The van der Waals surface area contributed by atoms with Gasteiger partial charge in [-0.2, -0.15) is 0 Å². The number of allylic oxidation sites excluding steroid dienone is 1. The molecule has 0 aliphatic heterocycles. The van der Waals surface area contributed by atoms with Gasteiger partial charge in [-0.15, -0.1) is 0 Å². The highest BCUT2D eigenvalue weighted by molar-refractivity contribution is 7.13. The van der Waals surface area contributed by atoms with E-state index in [0.717, 1.165) is 11.3 Å². The molecule has 5 nitrogen and oxygen atoms in total. The molecule has 0 saturated carbocycles. The first-order valence-electron chi connectivity index (χ1n) is 4.23. The molecule has 16 heavy (non-hydrogen) atoms. The van der Waals surface area contributed by atoms with Crippen LogP contribution in [0.15, 0.2) is 17.3 Å². The van der Waals surface area contributed by atoms with Gasteiger partial charge in [0.2, 0.25) is 0 Å². The Bertz CT molecular complexity index is 453. The minimum Gasteiger partial charge on any atom is -0.374 e. The van der Waals surface area contributed by atoms with Crippen molar-refractivity contribution < 1.29 is 14.1 Å². The second-order valence-corrected chi connectivity index (χ2v) is 4.00. The number of hydrogen-bond acceptors (Lipinski definition) is 5. The molecule has 86 valence electrons. The van der Waals surface area contributed by atoms with Gasteiger partial charge in [-0.05, 0) is 11.4 Å². The van der Waals surface area contributed by atoms with Gasteiger partial charge in [0.1, 0.15) is 0 Å². The third kappa shape index (κ3) is 2.25. The van der Waals surface area contributed by atoms with E-state index < -0.39 is 10.8 Å². The molecule has 0 saturated heterocycles. The molecule has 0 aromatic carbocycles. The highest BCUT2D eigenvalue weighted by Crippen LogP contribution is 2.33.